The molecule has 0 bridgehead atoms. The van der Waals surface area contributed by atoms with Crippen molar-refractivity contribution in [3.8, 4) is 33.4 Å². The van der Waals surface area contributed by atoms with E-state index in [2.05, 4.69) is 29.6 Å². The Morgan fingerprint density at radius 2 is 0.938 bits per heavy atom. The third-order valence-electron chi connectivity index (χ3n) is 5.55. The lowest BCUT2D eigenvalue weighted by molar-refractivity contribution is 0.633. The predicted octanol–water partition coefficient (Wildman–Crippen LogP) is 8.57. The first-order valence-corrected chi connectivity index (χ1v) is 10.7. The standard InChI is InChI=1S/C30H22FN/c31-28-21-25(22-12-4-1-5-13-22)20-27(24-16-8-3-9-17-24)30(28)32-29-19-11-10-18-26(29)23-14-6-2-7-15-23/h1-21,32H. The average molecular weight is 416 g/mol. The largest absolute Gasteiger partial charge is 0.352 e. The fraction of sp³-hybridized carbons (Fsp3) is 0. The Hall–Kier alpha value is -4.17. The van der Waals surface area contributed by atoms with Crippen molar-refractivity contribution < 1.29 is 4.39 Å². The van der Waals surface area contributed by atoms with Crippen LogP contribution in [0.5, 0.6) is 0 Å². The van der Waals surface area contributed by atoms with Crippen molar-refractivity contribution in [2.75, 3.05) is 5.32 Å². The Morgan fingerprint density at radius 3 is 1.56 bits per heavy atom. The minimum absolute atomic E-state index is 0.284. The summed E-state index contributed by atoms with van der Waals surface area (Å²) in [6, 6.07) is 41.7. The van der Waals surface area contributed by atoms with E-state index in [4.69, 9.17) is 0 Å². The Labute approximate surface area is 187 Å². The van der Waals surface area contributed by atoms with Gasteiger partial charge in [0.15, 0.2) is 0 Å². The maximum Gasteiger partial charge on any atom is 0.147 e. The highest BCUT2D eigenvalue weighted by atomic mass is 19.1. The number of halogens is 1. The van der Waals surface area contributed by atoms with Crippen molar-refractivity contribution in [3.63, 3.8) is 0 Å². The number of anilines is 2. The van der Waals surface area contributed by atoms with Crippen LogP contribution in [0.4, 0.5) is 15.8 Å². The molecule has 154 valence electrons. The van der Waals surface area contributed by atoms with Crippen molar-refractivity contribution in [1.29, 1.82) is 0 Å². The van der Waals surface area contributed by atoms with Crippen LogP contribution in [0, 0.1) is 5.82 Å². The molecule has 1 nitrogen and oxygen atoms in total. The fourth-order valence-corrected chi connectivity index (χ4v) is 3.97. The Balaban J connectivity index is 1.66. The van der Waals surface area contributed by atoms with Crippen LogP contribution in [0.25, 0.3) is 33.4 Å². The predicted molar refractivity (Wildman–Crippen MR) is 132 cm³/mol. The third kappa shape index (κ3) is 4.03. The van der Waals surface area contributed by atoms with Crippen LogP contribution in [0.3, 0.4) is 0 Å². The van der Waals surface area contributed by atoms with Gasteiger partial charge in [-0.15, -0.1) is 0 Å². The molecule has 0 aliphatic heterocycles. The van der Waals surface area contributed by atoms with Crippen molar-refractivity contribution in [1.82, 2.24) is 0 Å². The SMILES string of the molecule is Fc1cc(-c2ccccc2)cc(-c2ccccc2)c1Nc1ccccc1-c1ccccc1. The molecule has 0 aromatic heterocycles. The number of rotatable bonds is 5. The molecule has 5 aromatic carbocycles. The van der Waals surface area contributed by atoms with Gasteiger partial charge in [0.25, 0.3) is 0 Å². The summed E-state index contributed by atoms with van der Waals surface area (Å²) in [5.74, 6) is -0.284. The smallest absolute Gasteiger partial charge is 0.147 e. The molecular formula is C30H22FN. The summed E-state index contributed by atoms with van der Waals surface area (Å²) in [6.07, 6.45) is 0. The van der Waals surface area contributed by atoms with Crippen molar-refractivity contribution in [2.45, 2.75) is 0 Å². The van der Waals surface area contributed by atoms with E-state index in [-0.39, 0.29) is 5.82 Å². The van der Waals surface area contributed by atoms with Gasteiger partial charge in [0.2, 0.25) is 0 Å². The van der Waals surface area contributed by atoms with E-state index < -0.39 is 0 Å². The van der Waals surface area contributed by atoms with Crippen LogP contribution in [0.2, 0.25) is 0 Å². The summed E-state index contributed by atoms with van der Waals surface area (Å²) in [7, 11) is 0. The van der Waals surface area contributed by atoms with E-state index in [9.17, 15) is 0 Å². The van der Waals surface area contributed by atoms with E-state index in [1.165, 1.54) is 0 Å². The van der Waals surface area contributed by atoms with E-state index in [1.54, 1.807) is 6.07 Å². The molecule has 32 heavy (non-hydrogen) atoms. The lowest BCUT2D eigenvalue weighted by atomic mass is 9.96. The van der Waals surface area contributed by atoms with Gasteiger partial charge in [-0.05, 0) is 40.5 Å². The van der Waals surface area contributed by atoms with Gasteiger partial charge in [-0.2, -0.15) is 0 Å². The zero-order valence-electron chi connectivity index (χ0n) is 17.5. The molecular weight excluding hydrogens is 393 g/mol. The second kappa shape index (κ2) is 8.91. The molecule has 2 heteroatoms. The van der Waals surface area contributed by atoms with E-state index in [0.717, 1.165) is 39.1 Å². The Morgan fingerprint density at radius 1 is 0.438 bits per heavy atom. The molecule has 0 fully saturated rings. The molecule has 0 saturated heterocycles. The highest BCUT2D eigenvalue weighted by Crippen LogP contribution is 2.39. The minimum Gasteiger partial charge on any atom is -0.352 e. The molecule has 0 saturated carbocycles. The fourth-order valence-electron chi connectivity index (χ4n) is 3.97. The second-order valence-electron chi connectivity index (χ2n) is 7.65. The van der Waals surface area contributed by atoms with Gasteiger partial charge >= 0.3 is 0 Å². The molecule has 0 aliphatic carbocycles. The summed E-state index contributed by atoms with van der Waals surface area (Å²) >= 11 is 0. The molecule has 0 atom stereocenters. The molecule has 1 N–H and O–H groups in total. The maximum absolute atomic E-state index is 15.6. The van der Waals surface area contributed by atoms with Crippen LogP contribution < -0.4 is 5.32 Å². The van der Waals surface area contributed by atoms with Gasteiger partial charge in [-0.25, -0.2) is 4.39 Å². The van der Waals surface area contributed by atoms with Crippen LogP contribution in [-0.2, 0) is 0 Å². The molecule has 0 spiro atoms. The van der Waals surface area contributed by atoms with Crippen molar-refractivity contribution >= 4 is 11.4 Å². The van der Waals surface area contributed by atoms with Crippen LogP contribution in [-0.4, -0.2) is 0 Å². The lowest BCUT2D eigenvalue weighted by Gasteiger charge is -2.18. The highest BCUT2D eigenvalue weighted by molar-refractivity contribution is 5.89. The van der Waals surface area contributed by atoms with Gasteiger partial charge in [-0.3, -0.25) is 0 Å². The Bertz CT molecular complexity index is 1330. The van der Waals surface area contributed by atoms with Gasteiger partial charge in [-0.1, -0.05) is 109 Å². The maximum atomic E-state index is 15.6. The summed E-state index contributed by atoms with van der Waals surface area (Å²) in [5.41, 5.74) is 7.07. The lowest BCUT2D eigenvalue weighted by Crippen LogP contribution is -2.00. The monoisotopic (exact) mass is 415 g/mol. The summed E-state index contributed by atoms with van der Waals surface area (Å²) in [4.78, 5) is 0. The van der Waals surface area contributed by atoms with E-state index >= 15 is 4.39 Å². The number of para-hydroxylation sites is 1. The van der Waals surface area contributed by atoms with Gasteiger partial charge < -0.3 is 5.32 Å². The molecule has 0 heterocycles. The first-order valence-electron chi connectivity index (χ1n) is 10.7. The normalized spacial score (nSPS) is 10.7. The van der Waals surface area contributed by atoms with Gasteiger partial charge in [0.05, 0.1) is 5.69 Å². The third-order valence-corrected chi connectivity index (χ3v) is 5.55. The molecule has 0 amide bonds. The molecule has 0 radical (unpaired) electrons. The quantitative estimate of drug-likeness (QED) is 0.303. The average Bonchev–Trinajstić information content (AvgIpc) is 2.87. The number of hydrogen-bond acceptors (Lipinski definition) is 1. The molecule has 5 rings (SSSR count). The zero-order chi connectivity index (χ0) is 21.8. The Kier molecular flexibility index (Phi) is 5.50. The van der Waals surface area contributed by atoms with Gasteiger partial charge in [0, 0.05) is 16.8 Å². The summed E-state index contributed by atoms with van der Waals surface area (Å²) < 4.78 is 15.6. The van der Waals surface area contributed by atoms with E-state index in [0.29, 0.717) is 5.69 Å². The number of nitrogens with one attached hydrogen (secondary N) is 1. The molecule has 0 aliphatic rings. The molecule has 0 unspecified atom stereocenters. The summed E-state index contributed by atoms with van der Waals surface area (Å²) in [5, 5.41) is 3.41. The second-order valence-corrected chi connectivity index (χ2v) is 7.65. The van der Waals surface area contributed by atoms with Crippen molar-refractivity contribution in [2.24, 2.45) is 0 Å². The minimum atomic E-state index is -0.284. The highest BCUT2D eigenvalue weighted by Gasteiger charge is 2.16. The molecule has 5 aromatic rings. The van der Waals surface area contributed by atoms with Crippen LogP contribution in [0.15, 0.2) is 127 Å². The zero-order valence-corrected chi connectivity index (χ0v) is 17.5. The van der Waals surface area contributed by atoms with E-state index in [1.807, 2.05) is 97.1 Å². The first kappa shape index (κ1) is 19.8. The van der Waals surface area contributed by atoms with Crippen LogP contribution >= 0.6 is 0 Å². The number of hydrogen-bond donors (Lipinski definition) is 1. The topological polar surface area (TPSA) is 12.0 Å². The number of benzene rings is 5. The van der Waals surface area contributed by atoms with Crippen molar-refractivity contribution in [3.05, 3.63) is 133 Å². The van der Waals surface area contributed by atoms with Gasteiger partial charge in [0.1, 0.15) is 5.82 Å². The van der Waals surface area contributed by atoms with Crippen LogP contribution in [0.1, 0.15) is 0 Å². The first-order chi connectivity index (χ1) is 15.8. The summed E-state index contributed by atoms with van der Waals surface area (Å²) in [6.45, 7) is 0.